The summed E-state index contributed by atoms with van der Waals surface area (Å²) in [6.07, 6.45) is 1.95. The summed E-state index contributed by atoms with van der Waals surface area (Å²) in [7, 11) is 0. The third kappa shape index (κ3) is 5.95. The first kappa shape index (κ1) is 37.6. The fourth-order valence-electron chi connectivity index (χ4n) is 10.2. The van der Waals surface area contributed by atoms with Crippen molar-refractivity contribution in [3.8, 4) is 56.8 Å². The van der Waals surface area contributed by atoms with E-state index in [2.05, 4.69) is 203 Å². The van der Waals surface area contributed by atoms with Crippen LogP contribution in [0.5, 0.6) is 0 Å². The van der Waals surface area contributed by atoms with Crippen molar-refractivity contribution in [1.82, 2.24) is 29.1 Å². The fraction of sp³-hybridized carbons (Fsp3) is 0. The van der Waals surface area contributed by atoms with E-state index in [1.165, 1.54) is 52.8 Å². The van der Waals surface area contributed by atoms with E-state index in [4.69, 9.17) is 19.9 Å². The lowest BCUT2D eigenvalue weighted by atomic mass is 10.0. The lowest BCUT2D eigenvalue weighted by Crippen LogP contribution is -2.00. The molecular formula is C60H36N6S. The molecule has 5 aromatic heterocycles. The minimum Gasteiger partial charge on any atom is -0.309 e. The molecule has 6 nitrogen and oxygen atoms in total. The first-order valence-electron chi connectivity index (χ1n) is 22.5. The third-order valence-electron chi connectivity index (χ3n) is 13.2. The van der Waals surface area contributed by atoms with Crippen molar-refractivity contribution in [2.45, 2.75) is 0 Å². The van der Waals surface area contributed by atoms with E-state index in [1.807, 2.05) is 24.4 Å². The van der Waals surface area contributed by atoms with Crippen molar-refractivity contribution in [3.63, 3.8) is 0 Å². The first-order valence-corrected chi connectivity index (χ1v) is 23.3. The fourth-order valence-corrected chi connectivity index (χ4v) is 11.2. The Hall–Kier alpha value is -8.78. The molecule has 0 aliphatic carbocycles. The number of hydrogen-bond donors (Lipinski definition) is 0. The van der Waals surface area contributed by atoms with Crippen LogP contribution >= 0.6 is 11.3 Å². The van der Waals surface area contributed by atoms with Crippen molar-refractivity contribution >= 4 is 85.9 Å². The van der Waals surface area contributed by atoms with Gasteiger partial charge in [0.2, 0.25) is 0 Å². The van der Waals surface area contributed by atoms with Crippen LogP contribution in [0, 0.1) is 0 Å². The van der Waals surface area contributed by atoms with E-state index in [9.17, 15) is 0 Å². The highest BCUT2D eigenvalue weighted by Crippen LogP contribution is 2.42. The van der Waals surface area contributed by atoms with Crippen LogP contribution in [0.2, 0.25) is 0 Å². The van der Waals surface area contributed by atoms with E-state index in [0.717, 1.165) is 61.1 Å². The van der Waals surface area contributed by atoms with Gasteiger partial charge in [-0.2, -0.15) is 0 Å². The summed E-state index contributed by atoms with van der Waals surface area (Å²) < 4.78 is 7.31. The molecule has 5 heterocycles. The summed E-state index contributed by atoms with van der Waals surface area (Å²) in [5, 5.41) is 9.56. The summed E-state index contributed by atoms with van der Waals surface area (Å²) in [5.41, 5.74) is 11.4. The Morgan fingerprint density at radius 1 is 0.343 bits per heavy atom. The number of rotatable bonds is 6. The van der Waals surface area contributed by atoms with E-state index >= 15 is 0 Å². The number of aromatic nitrogens is 6. The maximum atomic E-state index is 5.18. The van der Waals surface area contributed by atoms with Gasteiger partial charge < -0.3 is 9.13 Å². The van der Waals surface area contributed by atoms with E-state index in [0.29, 0.717) is 17.5 Å². The van der Waals surface area contributed by atoms with Crippen LogP contribution in [0.1, 0.15) is 0 Å². The lowest BCUT2D eigenvalue weighted by Gasteiger charge is -2.14. The molecule has 0 saturated heterocycles. The highest BCUT2D eigenvalue weighted by molar-refractivity contribution is 7.25. The number of nitrogens with zero attached hydrogens (tertiary/aromatic N) is 6. The Morgan fingerprint density at radius 3 is 1.70 bits per heavy atom. The normalized spacial score (nSPS) is 11.9. The topological polar surface area (TPSA) is 61.4 Å². The third-order valence-corrected chi connectivity index (χ3v) is 14.4. The smallest absolute Gasteiger partial charge is 0.164 e. The average Bonchev–Trinajstić information content (AvgIpc) is 4.06. The number of fused-ring (bicyclic) bond motifs is 10. The molecule has 0 fully saturated rings. The lowest BCUT2D eigenvalue weighted by molar-refractivity contribution is 1.07. The first-order chi connectivity index (χ1) is 33.2. The molecule has 0 N–H and O–H groups in total. The van der Waals surface area contributed by atoms with Gasteiger partial charge in [-0.15, -0.1) is 11.3 Å². The van der Waals surface area contributed by atoms with Gasteiger partial charge in [-0.25, -0.2) is 15.0 Å². The van der Waals surface area contributed by atoms with Crippen molar-refractivity contribution in [1.29, 1.82) is 0 Å². The molecule has 14 rings (SSSR count). The number of pyridine rings is 1. The predicted octanol–water partition coefficient (Wildman–Crippen LogP) is 15.6. The zero-order valence-corrected chi connectivity index (χ0v) is 36.7. The molecule has 67 heavy (non-hydrogen) atoms. The second kappa shape index (κ2) is 14.9. The van der Waals surface area contributed by atoms with Gasteiger partial charge in [0.25, 0.3) is 0 Å². The van der Waals surface area contributed by atoms with Gasteiger partial charge in [0.1, 0.15) is 0 Å². The molecule has 0 unspecified atom stereocenters. The highest BCUT2D eigenvalue weighted by atomic mass is 32.1. The van der Waals surface area contributed by atoms with Crippen LogP contribution in [0.4, 0.5) is 0 Å². The zero-order valence-electron chi connectivity index (χ0n) is 35.9. The van der Waals surface area contributed by atoms with Crippen molar-refractivity contribution < 1.29 is 0 Å². The monoisotopic (exact) mass is 872 g/mol. The van der Waals surface area contributed by atoms with Gasteiger partial charge in [-0.1, -0.05) is 146 Å². The van der Waals surface area contributed by atoms with Gasteiger partial charge in [0.05, 0.1) is 33.4 Å². The van der Waals surface area contributed by atoms with Gasteiger partial charge in [0, 0.05) is 81.2 Å². The summed E-state index contributed by atoms with van der Waals surface area (Å²) in [6.45, 7) is 0. The Labute approximate surface area is 388 Å². The van der Waals surface area contributed by atoms with Crippen molar-refractivity contribution in [3.05, 3.63) is 219 Å². The van der Waals surface area contributed by atoms with Crippen LogP contribution in [-0.2, 0) is 0 Å². The van der Waals surface area contributed by atoms with Crippen LogP contribution in [0.25, 0.3) is 131 Å². The van der Waals surface area contributed by atoms with Gasteiger partial charge in [0.15, 0.2) is 17.5 Å². The number of benzene rings is 9. The molecule has 0 atom stereocenters. The van der Waals surface area contributed by atoms with Crippen LogP contribution in [0.15, 0.2) is 219 Å². The molecular weight excluding hydrogens is 837 g/mol. The molecule has 0 bridgehead atoms. The average molecular weight is 873 g/mol. The SMILES string of the molecule is c1ccc(-c2nc(-c3ccc(-c4nccc5c6cc(-n7c8ccccc8c8ccccc87)ccc6n(-c6cccc7ccccc67)c45)cc3)nc(-c3ccc4sc5ccccc5c4c3)n2)cc1. The van der Waals surface area contributed by atoms with E-state index in [-0.39, 0.29) is 0 Å². The van der Waals surface area contributed by atoms with E-state index < -0.39 is 0 Å². The Balaban J connectivity index is 0.949. The maximum absolute atomic E-state index is 5.18. The predicted molar refractivity (Wildman–Crippen MR) is 278 cm³/mol. The van der Waals surface area contributed by atoms with Crippen molar-refractivity contribution in [2.24, 2.45) is 0 Å². The molecule has 0 radical (unpaired) electrons. The summed E-state index contributed by atoms with van der Waals surface area (Å²) >= 11 is 1.81. The molecule has 0 spiro atoms. The summed E-state index contributed by atoms with van der Waals surface area (Å²) in [6, 6.07) is 75.4. The Bertz CT molecular complexity index is 4220. The van der Waals surface area contributed by atoms with Gasteiger partial charge in [-0.3, -0.25) is 4.98 Å². The zero-order chi connectivity index (χ0) is 44.0. The summed E-state index contributed by atoms with van der Waals surface area (Å²) in [4.78, 5) is 20.5. The molecule has 0 amide bonds. The van der Waals surface area contributed by atoms with Crippen LogP contribution < -0.4 is 0 Å². The number of para-hydroxylation sites is 2. The van der Waals surface area contributed by atoms with Gasteiger partial charge >= 0.3 is 0 Å². The molecule has 0 saturated carbocycles. The molecule has 14 aromatic rings. The molecule has 9 aromatic carbocycles. The molecule has 7 heteroatoms. The highest BCUT2D eigenvalue weighted by Gasteiger charge is 2.22. The molecule has 312 valence electrons. The minimum atomic E-state index is 0.610. The van der Waals surface area contributed by atoms with Crippen LogP contribution in [0.3, 0.4) is 0 Å². The number of thiophene rings is 1. The van der Waals surface area contributed by atoms with Crippen LogP contribution in [-0.4, -0.2) is 29.1 Å². The largest absolute Gasteiger partial charge is 0.309 e. The van der Waals surface area contributed by atoms with E-state index in [1.54, 1.807) is 11.3 Å². The quantitative estimate of drug-likeness (QED) is 0.167. The standard InChI is InChI=1S/C60H36N6S/c1-2-14-39(15-3-1)58-62-59(64-60(63-58)41-29-32-55-49(35-41)46-20-8-11-24-54(46)67-55)40-27-25-38(26-28-40)56-57-47(33-34-61-56)48-36-42(65-51-21-9-6-18-44(51)45-19-7-10-22-52(45)65)30-31-53(48)66(57)50-23-12-16-37-13-4-5-17-43(37)50/h1-36H. The maximum Gasteiger partial charge on any atom is 0.164 e. The minimum absolute atomic E-state index is 0.610. The Kier molecular flexibility index (Phi) is 8.35. The van der Waals surface area contributed by atoms with Gasteiger partial charge in [-0.05, 0) is 72.1 Å². The summed E-state index contributed by atoms with van der Waals surface area (Å²) in [5.74, 6) is 1.88. The second-order valence-corrected chi connectivity index (χ2v) is 18.1. The second-order valence-electron chi connectivity index (χ2n) is 17.0. The number of hydrogen-bond acceptors (Lipinski definition) is 5. The Morgan fingerprint density at radius 2 is 0.925 bits per heavy atom. The molecule has 0 aliphatic heterocycles. The van der Waals surface area contributed by atoms with Crippen molar-refractivity contribution in [2.75, 3.05) is 0 Å². The molecule has 0 aliphatic rings.